The first-order valence-electron chi connectivity index (χ1n) is 9.68. The monoisotopic (exact) mass is 418 g/mol. The Hall–Kier alpha value is -3.91. The first kappa shape index (κ1) is 20.4. The molecule has 0 aliphatic carbocycles. The number of Topliss-reactive ketones (excluding diaryl/α,β-unsaturated/α-hetero) is 1. The molecule has 0 saturated heterocycles. The van der Waals surface area contributed by atoms with Crippen molar-refractivity contribution in [2.75, 3.05) is 19.4 Å². The molecular formula is C23H22N4O4. The Labute approximate surface area is 178 Å². The van der Waals surface area contributed by atoms with Crippen LogP contribution in [0.3, 0.4) is 0 Å². The number of nitrogens with one attached hydrogen (secondary N) is 2. The number of ether oxygens (including phenoxy) is 1. The smallest absolute Gasteiger partial charge is 0.345 e. The average Bonchev–Trinajstić information content (AvgIpc) is 3.25. The topological polar surface area (TPSA) is 108 Å². The normalized spacial score (nSPS) is 15.2. The van der Waals surface area contributed by atoms with Crippen molar-refractivity contribution in [3.63, 3.8) is 0 Å². The van der Waals surface area contributed by atoms with Crippen LogP contribution in [-0.2, 0) is 20.9 Å². The number of carbonyl (C=O) groups is 2. The third-order valence-electron chi connectivity index (χ3n) is 4.91. The number of allylic oxidation sites excluding steroid dienone is 1. The van der Waals surface area contributed by atoms with Gasteiger partial charge in [0.25, 0.3) is 0 Å². The number of ketones is 1. The van der Waals surface area contributed by atoms with Gasteiger partial charge in [-0.1, -0.05) is 12.1 Å². The number of pyridine rings is 1. The van der Waals surface area contributed by atoms with E-state index in [9.17, 15) is 14.7 Å². The van der Waals surface area contributed by atoms with E-state index >= 15 is 0 Å². The molecule has 0 fully saturated rings. The second-order valence-corrected chi connectivity index (χ2v) is 7.60. The van der Waals surface area contributed by atoms with E-state index in [1.165, 1.54) is 6.08 Å². The lowest BCUT2D eigenvalue weighted by Crippen LogP contribution is -2.13. The number of hydrogen-bond acceptors (Lipinski definition) is 6. The maximum atomic E-state index is 12.8. The van der Waals surface area contributed by atoms with E-state index in [0.717, 1.165) is 23.1 Å². The van der Waals surface area contributed by atoms with Crippen molar-refractivity contribution in [3.05, 3.63) is 76.6 Å². The summed E-state index contributed by atoms with van der Waals surface area (Å²) >= 11 is 0. The number of aryl methyl sites for hydroxylation is 1. The largest absolute Gasteiger partial charge is 0.477 e. The Morgan fingerprint density at radius 1 is 1.32 bits per heavy atom. The number of aliphatic carboxylic acids is 1. The molecule has 1 aliphatic heterocycles. The van der Waals surface area contributed by atoms with Gasteiger partial charge in [-0.15, -0.1) is 0 Å². The molecule has 3 aromatic rings. The van der Waals surface area contributed by atoms with Gasteiger partial charge in [0.1, 0.15) is 5.65 Å². The van der Waals surface area contributed by atoms with Crippen LogP contribution >= 0.6 is 0 Å². The van der Waals surface area contributed by atoms with E-state index in [-0.39, 0.29) is 11.6 Å². The Kier molecular flexibility index (Phi) is 5.31. The highest BCUT2D eigenvalue weighted by atomic mass is 16.5. The number of carboxylic acids is 1. The summed E-state index contributed by atoms with van der Waals surface area (Å²) in [5.74, 6) is -2.19. The summed E-state index contributed by atoms with van der Waals surface area (Å²) in [6.07, 6.45) is 4.87. The molecule has 1 aromatic carbocycles. The van der Waals surface area contributed by atoms with Crippen LogP contribution < -0.4 is 5.32 Å². The highest BCUT2D eigenvalue weighted by Gasteiger charge is 2.36. The van der Waals surface area contributed by atoms with E-state index in [1.54, 1.807) is 18.5 Å². The lowest BCUT2D eigenvalue weighted by atomic mass is 10.1. The number of H-pyrrole nitrogens is 1. The number of fused-ring (bicyclic) bond motifs is 1. The summed E-state index contributed by atoms with van der Waals surface area (Å²) in [6.45, 7) is 2.69. The number of anilines is 1. The summed E-state index contributed by atoms with van der Waals surface area (Å²) in [6, 6.07) is 9.44. The van der Waals surface area contributed by atoms with E-state index in [2.05, 4.69) is 20.2 Å². The standard InChI is InChI=1S/C23H22N4O4/c1-13-9-14(12-27(2)3)6-7-17(13)26-22-19(23(29)30)20(28)18(31-22)10-15-11-25-21-16(15)5-4-8-24-21/h4-11,26H,12H2,1-3H3,(H,24,25)(H,29,30). The summed E-state index contributed by atoms with van der Waals surface area (Å²) in [4.78, 5) is 33.8. The first-order valence-corrected chi connectivity index (χ1v) is 9.68. The first-order chi connectivity index (χ1) is 14.8. The van der Waals surface area contributed by atoms with Gasteiger partial charge >= 0.3 is 5.97 Å². The van der Waals surface area contributed by atoms with Crippen LogP contribution in [0.4, 0.5) is 5.69 Å². The molecule has 1 aliphatic rings. The highest BCUT2D eigenvalue weighted by molar-refractivity contribution is 6.26. The molecule has 31 heavy (non-hydrogen) atoms. The molecule has 8 nitrogen and oxygen atoms in total. The van der Waals surface area contributed by atoms with Crippen molar-refractivity contribution in [2.45, 2.75) is 13.5 Å². The van der Waals surface area contributed by atoms with Crippen LogP contribution in [-0.4, -0.2) is 45.8 Å². The zero-order valence-corrected chi connectivity index (χ0v) is 17.4. The molecule has 4 rings (SSSR count). The quantitative estimate of drug-likeness (QED) is 0.416. The molecule has 2 aromatic heterocycles. The van der Waals surface area contributed by atoms with Gasteiger partial charge in [0.05, 0.1) is 0 Å². The Bertz CT molecular complexity index is 1250. The fraction of sp³-hybridized carbons (Fsp3) is 0.174. The zero-order chi connectivity index (χ0) is 22.1. The number of hydrogen-bond donors (Lipinski definition) is 3. The van der Waals surface area contributed by atoms with Crippen molar-refractivity contribution in [3.8, 4) is 0 Å². The average molecular weight is 418 g/mol. The van der Waals surface area contributed by atoms with Gasteiger partial charge in [-0.25, -0.2) is 9.78 Å². The van der Waals surface area contributed by atoms with Gasteiger partial charge in [-0.2, -0.15) is 0 Å². The van der Waals surface area contributed by atoms with E-state index < -0.39 is 17.3 Å². The predicted octanol–water partition coefficient (Wildman–Crippen LogP) is 3.28. The number of aromatic amines is 1. The van der Waals surface area contributed by atoms with Crippen molar-refractivity contribution in [1.29, 1.82) is 0 Å². The van der Waals surface area contributed by atoms with Gasteiger partial charge in [0, 0.05) is 35.6 Å². The van der Waals surface area contributed by atoms with Crippen LogP contribution in [0.2, 0.25) is 0 Å². The summed E-state index contributed by atoms with van der Waals surface area (Å²) in [7, 11) is 3.97. The Morgan fingerprint density at radius 2 is 2.13 bits per heavy atom. The van der Waals surface area contributed by atoms with Crippen LogP contribution in [0.25, 0.3) is 17.1 Å². The summed E-state index contributed by atoms with van der Waals surface area (Å²) < 4.78 is 5.68. The Balaban J connectivity index is 1.64. The summed E-state index contributed by atoms with van der Waals surface area (Å²) in [5.41, 5.74) is 3.62. The van der Waals surface area contributed by atoms with Crippen LogP contribution in [0, 0.1) is 6.92 Å². The van der Waals surface area contributed by atoms with Gasteiger partial charge in [0.15, 0.2) is 11.3 Å². The molecule has 0 unspecified atom stereocenters. The van der Waals surface area contributed by atoms with Crippen molar-refractivity contribution < 1.29 is 19.4 Å². The van der Waals surface area contributed by atoms with Crippen LogP contribution in [0.1, 0.15) is 16.7 Å². The lowest BCUT2D eigenvalue weighted by Gasteiger charge is -2.14. The van der Waals surface area contributed by atoms with Gasteiger partial charge < -0.3 is 25.0 Å². The maximum absolute atomic E-state index is 12.8. The minimum absolute atomic E-state index is 0.0634. The molecular weight excluding hydrogens is 396 g/mol. The molecule has 0 bridgehead atoms. The third-order valence-corrected chi connectivity index (χ3v) is 4.91. The minimum atomic E-state index is -1.35. The van der Waals surface area contributed by atoms with Gasteiger partial charge in [-0.3, -0.25) is 4.79 Å². The number of aromatic nitrogens is 2. The summed E-state index contributed by atoms with van der Waals surface area (Å²) in [5, 5.41) is 13.4. The second kappa shape index (κ2) is 8.08. The number of carboxylic acid groups (broad SMARTS) is 1. The number of nitrogens with zero attached hydrogens (tertiary/aromatic N) is 2. The van der Waals surface area contributed by atoms with Crippen molar-refractivity contribution >= 4 is 34.5 Å². The highest BCUT2D eigenvalue weighted by Crippen LogP contribution is 2.30. The zero-order valence-electron chi connectivity index (χ0n) is 17.4. The number of benzene rings is 1. The van der Waals surface area contributed by atoms with Crippen molar-refractivity contribution in [1.82, 2.24) is 14.9 Å². The van der Waals surface area contributed by atoms with E-state index in [0.29, 0.717) is 16.9 Å². The number of rotatable bonds is 6. The SMILES string of the molecule is Cc1cc(CN(C)C)ccc1NC1=C(C(=O)O)C(=O)C(=Cc2c[nH]c3ncccc23)O1. The predicted molar refractivity (Wildman–Crippen MR) is 117 cm³/mol. The molecule has 0 spiro atoms. The molecule has 0 atom stereocenters. The molecule has 0 saturated carbocycles. The fourth-order valence-electron chi connectivity index (χ4n) is 3.50. The third kappa shape index (κ3) is 4.06. The molecule has 3 heterocycles. The second-order valence-electron chi connectivity index (χ2n) is 7.60. The Morgan fingerprint density at radius 3 is 2.84 bits per heavy atom. The fourth-order valence-corrected chi connectivity index (χ4v) is 3.50. The van der Waals surface area contributed by atoms with Crippen LogP contribution in [0.15, 0.2) is 59.9 Å². The molecule has 0 amide bonds. The van der Waals surface area contributed by atoms with E-state index in [4.69, 9.17) is 4.74 Å². The van der Waals surface area contributed by atoms with Crippen LogP contribution in [0.5, 0.6) is 0 Å². The lowest BCUT2D eigenvalue weighted by molar-refractivity contribution is -0.134. The van der Waals surface area contributed by atoms with Gasteiger partial charge in [0.2, 0.25) is 11.7 Å². The molecule has 158 valence electrons. The molecule has 0 radical (unpaired) electrons. The minimum Gasteiger partial charge on any atom is -0.477 e. The maximum Gasteiger partial charge on any atom is 0.345 e. The van der Waals surface area contributed by atoms with Gasteiger partial charge in [-0.05, 0) is 56.4 Å². The molecule has 8 heteroatoms. The van der Waals surface area contributed by atoms with Crippen molar-refractivity contribution in [2.24, 2.45) is 0 Å². The molecule has 3 N–H and O–H groups in total. The van der Waals surface area contributed by atoms with E-state index in [1.807, 2.05) is 45.3 Å². The number of carbonyl (C=O) groups excluding carboxylic acids is 1.